The average Bonchev–Trinajstić information content (AvgIpc) is 2.04. The second-order valence-electron chi connectivity index (χ2n) is 2.01. The molecule has 0 aromatic heterocycles. The lowest BCUT2D eigenvalue weighted by atomic mass is 10.2. The van der Waals surface area contributed by atoms with Crippen LogP contribution in [0.1, 0.15) is 10.4 Å². The summed E-state index contributed by atoms with van der Waals surface area (Å²) in [6.45, 7) is 0. The molecule has 1 rings (SSSR count). The lowest BCUT2D eigenvalue weighted by molar-refractivity contribution is 0.0860. The van der Waals surface area contributed by atoms with Crippen LogP contribution >= 0.6 is 0 Å². The number of nitrogen functional groups attached to an aromatic ring is 1. The maximum atomic E-state index is 11.6. The minimum absolute atomic E-state index is 0.148. The zero-order valence-electron chi connectivity index (χ0n) is 5.67. The number of nitrogens with two attached hydrogens (primary N) is 1. The molecular formula is C7H7FN2O. The van der Waals surface area contributed by atoms with Gasteiger partial charge in [-0.2, -0.15) is 5.54 Å². The van der Waals surface area contributed by atoms with Gasteiger partial charge in [-0.05, 0) is 12.1 Å². The second-order valence-corrected chi connectivity index (χ2v) is 2.01. The Bertz CT molecular complexity index is 275. The Morgan fingerprint density at radius 3 is 2.64 bits per heavy atom. The highest BCUT2D eigenvalue weighted by Crippen LogP contribution is 2.09. The van der Waals surface area contributed by atoms with Crippen LogP contribution < -0.4 is 11.3 Å². The third-order valence-corrected chi connectivity index (χ3v) is 1.29. The summed E-state index contributed by atoms with van der Waals surface area (Å²) in [6, 6.07) is 6.26. The van der Waals surface area contributed by atoms with Crippen molar-refractivity contribution in [3.8, 4) is 0 Å². The van der Waals surface area contributed by atoms with E-state index in [9.17, 15) is 9.28 Å². The number of hydrogen-bond acceptors (Lipinski definition) is 2. The van der Waals surface area contributed by atoms with Gasteiger partial charge in [0.2, 0.25) is 0 Å². The maximum absolute atomic E-state index is 11.6. The van der Waals surface area contributed by atoms with Crippen molar-refractivity contribution in [2.24, 2.45) is 0 Å². The van der Waals surface area contributed by atoms with Gasteiger partial charge in [0, 0.05) is 5.69 Å². The molecule has 4 heteroatoms. The van der Waals surface area contributed by atoms with E-state index in [-0.39, 0.29) is 11.3 Å². The van der Waals surface area contributed by atoms with Crippen molar-refractivity contribution in [3.05, 3.63) is 29.8 Å². The van der Waals surface area contributed by atoms with E-state index in [1.54, 1.807) is 12.1 Å². The molecule has 0 heterocycles. The van der Waals surface area contributed by atoms with Crippen LogP contribution in [0.15, 0.2) is 24.3 Å². The number of benzene rings is 1. The third-order valence-electron chi connectivity index (χ3n) is 1.29. The van der Waals surface area contributed by atoms with E-state index in [4.69, 9.17) is 5.73 Å². The first-order chi connectivity index (χ1) is 5.25. The Morgan fingerprint density at radius 1 is 1.45 bits per heavy atom. The van der Waals surface area contributed by atoms with Crippen molar-refractivity contribution in [1.82, 2.24) is 5.54 Å². The van der Waals surface area contributed by atoms with Gasteiger partial charge < -0.3 is 5.73 Å². The van der Waals surface area contributed by atoms with Crippen molar-refractivity contribution < 1.29 is 9.28 Å². The standard InChI is InChI=1S/C7H7FN2O/c8-10-7(11)5-3-1-2-4-6(5)9/h1-4H,9H2,(H,10,11). The molecular weight excluding hydrogens is 147 g/mol. The number of nitrogens with one attached hydrogen (secondary N) is 1. The summed E-state index contributed by atoms with van der Waals surface area (Å²) in [4.78, 5) is 10.7. The number of carbonyl (C=O) groups is 1. The zero-order chi connectivity index (χ0) is 8.27. The summed E-state index contributed by atoms with van der Waals surface area (Å²) in [7, 11) is 0. The number of carbonyl (C=O) groups excluding carboxylic acids is 1. The predicted octanol–water partition coefficient (Wildman–Crippen LogP) is 0.883. The Kier molecular flexibility index (Phi) is 2.06. The van der Waals surface area contributed by atoms with Crippen LogP contribution in [0.2, 0.25) is 0 Å². The van der Waals surface area contributed by atoms with Crippen molar-refractivity contribution in [2.75, 3.05) is 5.73 Å². The lowest BCUT2D eigenvalue weighted by Crippen LogP contribution is -2.15. The highest BCUT2D eigenvalue weighted by Gasteiger charge is 2.06. The first-order valence-corrected chi connectivity index (χ1v) is 3.01. The fourth-order valence-corrected chi connectivity index (χ4v) is 0.755. The van der Waals surface area contributed by atoms with Gasteiger partial charge in [0.15, 0.2) is 0 Å². The molecule has 3 nitrogen and oxygen atoms in total. The Hall–Kier alpha value is -1.58. The molecule has 1 aromatic carbocycles. The van der Waals surface area contributed by atoms with E-state index in [0.29, 0.717) is 0 Å². The largest absolute Gasteiger partial charge is 0.398 e. The smallest absolute Gasteiger partial charge is 0.281 e. The molecule has 0 saturated heterocycles. The van der Waals surface area contributed by atoms with Crippen LogP contribution in [0.25, 0.3) is 0 Å². The summed E-state index contributed by atoms with van der Waals surface area (Å²) >= 11 is 0. The van der Waals surface area contributed by atoms with Crippen molar-refractivity contribution in [3.63, 3.8) is 0 Å². The number of amides is 1. The molecule has 1 amide bonds. The van der Waals surface area contributed by atoms with Crippen LogP contribution in [0.5, 0.6) is 0 Å². The minimum atomic E-state index is -0.817. The van der Waals surface area contributed by atoms with Gasteiger partial charge in [0.1, 0.15) is 0 Å². The number of anilines is 1. The number of hydrogen-bond donors (Lipinski definition) is 2. The number of halogens is 1. The van der Waals surface area contributed by atoms with Gasteiger partial charge in [0.05, 0.1) is 5.56 Å². The topological polar surface area (TPSA) is 55.1 Å². The van der Waals surface area contributed by atoms with Gasteiger partial charge in [-0.15, -0.1) is 0 Å². The molecule has 58 valence electrons. The van der Waals surface area contributed by atoms with Crippen molar-refractivity contribution >= 4 is 11.6 Å². The van der Waals surface area contributed by atoms with E-state index in [0.717, 1.165) is 5.54 Å². The zero-order valence-corrected chi connectivity index (χ0v) is 5.67. The first-order valence-electron chi connectivity index (χ1n) is 3.01. The lowest BCUT2D eigenvalue weighted by Gasteiger charge is -1.99. The maximum Gasteiger partial charge on any atom is 0.281 e. The third kappa shape index (κ3) is 1.46. The van der Waals surface area contributed by atoms with Crippen LogP contribution in [0.3, 0.4) is 0 Å². The van der Waals surface area contributed by atoms with Crippen LogP contribution in [0, 0.1) is 0 Å². The molecule has 0 radical (unpaired) electrons. The van der Waals surface area contributed by atoms with E-state index in [1.165, 1.54) is 12.1 Å². The fraction of sp³-hybridized carbons (Fsp3) is 0. The molecule has 1 aromatic rings. The van der Waals surface area contributed by atoms with E-state index in [2.05, 4.69) is 0 Å². The summed E-state index contributed by atoms with van der Waals surface area (Å²) in [6.07, 6.45) is 0. The first kappa shape index (κ1) is 7.53. The van der Waals surface area contributed by atoms with E-state index >= 15 is 0 Å². The van der Waals surface area contributed by atoms with Crippen LogP contribution in [-0.2, 0) is 0 Å². The molecule has 0 spiro atoms. The fourth-order valence-electron chi connectivity index (χ4n) is 0.755. The minimum Gasteiger partial charge on any atom is -0.398 e. The highest BCUT2D eigenvalue weighted by molar-refractivity contribution is 5.98. The number of para-hydroxylation sites is 1. The van der Waals surface area contributed by atoms with E-state index < -0.39 is 5.91 Å². The molecule has 0 atom stereocenters. The number of rotatable bonds is 1. The Labute approximate surface area is 62.9 Å². The highest BCUT2D eigenvalue weighted by atomic mass is 19.2. The van der Waals surface area contributed by atoms with Crippen molar-refractivity contribution in [2.45, 2.75) is 0 Å². The second kappa shape index (κ2) is 3.01. The summed E-state index contributed by atoms with van der Waals surface area (Å²) in [5, 5.41) is 0. The molecule has 0 unspecified atom stereocenters. The normalized spacial score (nSPS) is 9.18. The van der Waals surface area contributed by atoms with E-state index in [1.807, 2.05) is 0 Å². The van der Waals surface area contributed by atoms with Gasteiger partial charge in [-0.25, -0.2) is 0 Å². The Morgan fingerprint density at radius 2 is 2.09 bits per heavy atom. The van der Waals surface area contributed by atoms with Gasteiger partial charge >= 0.3 is 0 Å². The summed E-state index contributed by atoms with van der Waals surface area (Å²) in [5.41, 5.74) is 6.79. The summed E-state index contributed by atoms with van der Waals surface area (Å²) < 4.78 is 11.6. The monoisotopic (exact) mass is 154 g/mol. The molecule has 3 N–H and O–H groups in total. The van der Waals surface area contributed by atoms with Crippen molar-refractivity contribution in [1.29, 1.82) is 0 Å². The molecule has 0 aliphatic rings. The Balaban J connectivity index is 3.03. The molecule has 11 heavy (non-hydrogen) atoms. The van der Waals surface area contributed by atoms with Gasteiger partial charge in [-0.3, -0.25) is 4.79 Å². The van der Waals surface area contributed by atoms with Crippen LogP contribution in [-0.4, -0.2) is 5.91 Å². The molecule has 0 aliphatic carbocycles. The molecule has 0 fully saturated rings. The van der Waals surface area contributed by atoms with Gasteiger partial charge in [0.25, 0.3) is 5.91 Å². The molecule has 0 aliphatic heterocycles. The summed E-state index contributed by atoms with van der Waals surface area (Å²) in [5.74, 6) is -0.817. The van der Waals surface area contributed by atoms with Gasteiger partial charge in [-0.1, -0.05) is 16.6 Å². The molecule has 0 bridgehead atoms. The average molecular weight is 154 g/mol. The SMILES string of the molecule is Nc1ccccc1C(=O)NF. The quantitative estimate of drug-likeness (QED) is 0.466. The predicted molar refractivity (Wildman–Crippen MR) is 39.4 cm³/mol. The molecule has 0 saturated carbocycles. The van der Waals surface area contributed by atoms with Crippen LogP contribution in [0.4, 0.5) is 10.2 Å².